The van der Waals surface area contributed by atoms with Gasteiger partial charge >= 0.3 is 0 Å². The highest BCUT2D eigenvalue weighted by atomic mass is 16.3. The zero-order valence-electron chi connectivity index (χ0n) is 10.2. The zero-order valence-corrected chi connectivity index (χ0v) is 10.2. The second-order valence-electron chi connectivity index (χ2n) is 4.04. The number of hydrogen-bond acceptors (Lipinski definition) is 5. The minimum absolute atomic E-state index is 0.0378. The summed E-state index contributed by atoms with van der Waals surface area (Å²) in [5, 5.41) is 18.1. The molecule has 1 aromatic heterocycles. The van der Waals surface area contributed by atoms with E-state index in [1.165, 1.54) is 0 Å². The van der Waals surface area contributed by atoms with Crippen LogP contribution in [0.5, 0.6) is 0 Å². The van der Waals surface area contributed by atoms with Gasteiger partial charge in [-0.1, -0.05) is 6.07 Å². The summed E-state index contributed by atoms with van der Waals surface area (Å²) in [6, 6.07) is 5.46. The summed E-state index contributed by atoms with van der Waals surface area (Å²) in [7, 11) is 0. The van der Waals surface area contributed by atoms with Gasteiger partial charge in [-0.05, 0) is 19.1 Å². The summed E-state index contributed by atoms with van der Waals surface area (Å²) in [5.74, 6) is 0. The maximum atomic E-state index is 9.06. The maximum Gasteiger partial charge on any atom is 0.0672 e. The van der Waals surface area contributed by atoms with Crippen molar-refractivity contribution in [2.45, 2.75) is 19.0 Å². The van der Waals surface area contributed by atoms with E-state index < -0.39 is 0 Å². The van der Waals surface area contributed by atoms with Crippen molar-refractivity contribution >= 4 is 0 Å². The van der Waals surface area contributed by atoms with Crippen molar-refractivity contribution in [3.63, 3.8) is 0 Å². The molecular formula is C12H21N3O2. The fourth-order valence-electron chi connectivity index (χ4n) is 1.99. The van der Waals surface area contributed by atoms with Crippen molar-refractivity contribution in [2.24, 2.45) is 5.73 Å². The van der Waals surface area contributed by atoms with Crippen molar-refractivity contribution in [2.75, 3.05) is 26.3 Å². The van der Waals surface area contributed by atoms with Crippen molar-refractivity contribution in [1.29, 1.82) is 0 Å². The van der Waals surface area contributed by atoms with E-state index in [1.54, 1.807) is 6.20 Å². The van der Waals surface area contributed by atoms with E-state index in [9.17, 15) is 0 Å². The molecule has 5 nitrogen and oxygen atoms in total. The van der Waals surface area contributed by atoms with Gasteiger partial charge in [-0.3, -0.25) is 9.88 Å². The SMILES string of the molecule is CC(N)C(c1ccccn1)N(CCO)CCO. The van der Waals surface area contributed by atoms with Crippen LogP contribution in [0.3, 0.4) is 0 Å². The average molecular weight is 239 g/mol. The van der Waals surface area contributed by atoms with Crippen LogP contribution in [0.15, 0.2) is 24.4 Å². The fourth-order valence-corrected chi connectivity index (χ4v) is 1.99. The molecule has 0 radical (unpaired) electrons. The van der Waals surface area contributed by atoms with Gasteiger partial charge in [0, 0.05) is 25.3 Å². The van der Waals surface area contributed by atoms with Gasteiger partial charge in [0.2, 0.25) is 0 Å². The second-order valence-corrected chi connectivity index (χ2v) is 4.04. The number of aliphatic hydroxyl groups is 2. The smallest absolute Gasteiger partial charge is 0.0672 e. The molecule has 1 aromatic rings. The first-order chi connectivity index (χ1) is 8.20. The maximum absolute atomic E-state index is 9.06. The van der Waals surface area contributed by atoms with Crippen molar-refractivity contribution < 1.29 is 10.2 Å². The fraction of sp³-hybridized carbons (Fsp3) is 0.583. The third-order valence-corrected chi connectivity index (χ3v) is 2.66. The highest BCUT2D eigenvalue weighted by molar-refractivity contribution is 5.11. The Balaban J connectivity index is 2.90. The molecule has 0 fully saturated rings. The molecule has 0 aliphatic rings. The van der Waals surface area contributed by atoms with Crippen LogP contribution in [0.2, 0.25) is 0 Å². The predicted octanol–water partition coefficient (Wildman–Crippen LogP) is -0.243. The second kappa shape index (κ2) is 7.34. The van der Waals surface area contributed by atoms with Crippen LogP contribution in [0.25, 0.3) is 0 Å². The third-order valence-electron chi connectivity index (χ3n) is 2.66. The van der Waals surface area contributed by atoms with Crippen LogP contribution >= 0.6 is 0 Å². The van der Waals surface area contributed by atoms with E-state index in [-0.39, 0.29) is 25.3 Å². The first-order valence-electron chi connectivity index (χ1n) is 5.83. The Morgan fingerprint density at radius 1 is 1.29 bits per heavy atom. The van der Waals surface area contributed by atoms with Gasteiger partial charge < -0.3 is 15.9 Å². The summed E-state index contributed by atoms with van der Waals surface area (Å²) < 4.78 is 0. The number of aliphatic hydroxyl groups excluding tert-OH is 2. The minimum atomic E-state index is -0.122. The van der Waals surface area contributed by atoms with Crippen molar-refractivity contribution in [3.05, 3.63) is 30.1 Å². The number of rotatable bonds is 7. The van der Waals surface area contributed by atoms with E-state index in [0.29, 0.717) is 13.1 Å². The zero-order chi connectivity index (χ0) is 12.7. The molecule has 0 saturated heterocycles. The Kier molecular flexibility index (Phi) is 6.07. The summed E-state index contributed by atoms with van der Waals surface area (Å²) in [5.41, 5.74) is 6.85. The Bertz CT molecular complexity index is 300. The van der Waals surface area contributed by atoms with Gasteiger partial charge in [-0.25, -0.2) is 0 Å². The number of pyridine rings is 1. The normalized spacial score (nSPS) is 14.9. The predicted molar refractivity (Wildman–Crippen MR) is 66.4 cm³/mol. The molecule has 0 bridgehead atoms. The standard InChI is InChI=1S/C12H21N3O2/c1-10(13)12(11-4-2-3-5-14-11)15(6-8-16)7-9-17/h2-5,10,12,16-17H,6-9,13H2,1H3. The van der Waals surface area contributed by atoms with Crippen LogP contribution in [-0.2, 0) is 0 Å². The van der Waals surface area contributed by atoms with Crippen LogP contribution < -0.4 is 5.73 Å². The molecule has 1 rings (SSSR count). The van der Waals surface area contributed by atoms with Crippen LogP contribution in [-0.4, -0.2) is 52.4 Å². The summed E-state index contributed by atoms with van der Waals surface area (Å²) in [6.45, 7) is 2.93. The van der Waals surface area contributed by atoms with Gasteiger partial charge in [-0.15, -0.1) is 0 Å². The molecule has 0 spiro atoms. The molecule has 96 valence electrons. The number of nitrogens with two attached hydrogens (primary N) is 1. The summed E-state index contributed by atoms with van der Waals surface area (Å²) >= 11 is 0. The lowest BCUT2D eigenvalue weighted by molar-refractivity contribution is 0.109. The topological polar surface area (TPSA) is 82.6 Å². The Morgan fingerprint density at radius 2 is 1.94 bits per heavy atom. The van der Waals surface area contributed by atoms with E-state index in [1.807, 2.05) is 30.0 Å². The first kappa shape index (κ1) is 14.1. The van der Waals surface area contributed by atoms with E-state index >= 15 is 0 Å². The first-order valence-corrected chi connectivity index (χ1v) is 5.83. The summed E-state index contributed by atoms with van der Waals surface area (Å²) in [6.07, 6.45) is 1.72. The van der Waals surface area contributed by atoms with E-state index in [4.69, 9.17) is 15.9 Å². The van der Waals surface area contributed by atoms with E-state index in [2.05, 4.69) is 4.98 Å². The van der Waals surface area contributed by atoms with Crippen LogP contribution in [0.1, 0.15) is 18.7 Å². The molecular weight excluding hydrogens is 218 g/mol. The quantitative estimate of drug-likeness (QED) is 0.611. The molecule has 17 heavy (non-hydrogen) atoms. The van der Waals surface area contributed by atoms with Gasteiger partial charge in [0.1, 0.15) is 0 Å². The van der Waals surface area contributed by atoms with Gasteiger partial charge in [0.05, 0.1) is 24.9 Å². The lowest BCUT2D eigenvalue weighted by Crippen LogP contribution is -2.42. The Labute approximate surface area is 102 Å². The molecule has 5 heteroatoms. The monoisotopic (exact) mass is 239 g/mol. The highest BCUT2D eigenvalue weighted by Gasteiger charge is 2.24. The Hall–Kier alpha value is -1.01. The minimum Gasteiger partial charge on any atom is -0.395 e. The molecule has 0 aromatic carbocycles. The van der Waals surface area contributed by atoms with E-state index in [0.717, 1.165) is 5.69 Å². The van der Waals surface area contributed by atoms with Crippen molar-refractivity contribution in [3.8, 4) is 0 Å². The highest BCUT2D eigenvalue weighted by Crippen LogP contribution is 2.20. The lowest BCUT2D eigenvalue weighted by Gasteiger charge is -2.32. The number of hydrogen-bond donors (Lipinski definition) is 3. The van der Waals surface area contributed by atoms with Crippen LogP contribution in [0, 0.1) is 0 Å². The van der Waals surface area contributed by atoms with Gasteiger partial charge in [0.25, 0.3) is 0 Å². The van der Waals surface area contributed by atoms with Crippen molar-refractivity contribution in [1.82, 2.24) is 9.88 Å². The average Bonchev–Trinajstić information content (AvgIpc) is 2.31. The van der Waals surface area contributed by atoms with Gasteiger partial charge in [-0.2, -0.15) is 0 Å². The van der Waals surface area contributed by atoms with Crippen LogP contribution in [0.4, 0.5) is 0 Å². The molecule has 0 aliphatic heterocycles. The molecule has 0 saturated carbocycles. The summed E-state index contributed by atoms with van der Waals surface area (Å²) in [4.78, 5) is 6.25. The van der Waals surface area contributed by atoms with Gasteiger partial charge in [0.15, 0.2) is 0 Å². The molecule has 2 unspecified atom stereocenters. The molecule has 2 atom stereocenters. The molecule has 4 N–H and O–H groups in total. The largest absolute Gasteiger partial charge is 0.395 e. The number of nitrogens with zero attached hydrogens (tertiary/aromatic N) is 2. The molecule has 1 heterocycles. The number of aromatic nitrogens is 1. The molecule has 0 aliphatic carbocycles. The third kappa shape index (κ3) is 4.05. The molecule has 0 amide bonds. The Morgan fingerprint density at radius 3 is 2.35 bits per heavy atom. The lowest BCUT2D eigenvalue weighted by atomic mass is 10.0.